The first kappa shape index (κ1) is 138. The van der Waals surface area contributed by atoms with Crippen molar-refractivity contribution >= 4 is 69.0 Å². The average Bonchev–Trinajstić information content (AvgIpc) is 3.27. The number of thiol groups is 1. The van der Waals surface area contributed by atoms with E-state index < -0.39 is 24.8 Å². The number of ether oxygens (including phenoxy) is 4. The second-order valence-electron chi connectivity index (χ2n) is 8.09. The molecule has 0 aliphatic carbocycles. The van der Waals surface area contributed by atoms with Gasteiger partial charge in [0.2, 0.25) is 0 Å². The summed E-state index contributed by atoms with van der Waals surface area (Å²) in [6, 6.07) is 0. The number of alkyl halides is 3. The van der Waals surface area contributed by atoms with Crippen molar-refractivity contribution in [3.05, 3.63) is 12.2 Å². The third kappa shape index (κ3) is 2880. The van der Waals surface area contributed by atoms with E-state index in [-0.39, 0.29) is 63.3 Å². The van der Waals surface area contributed by atoms with Crippen LogP contribution in [-0.4, -0.2) is 119 Å². The van der Waals surface area contributed by atoms with Crippen LogP contribution in [0, 0.1) is 0 Å². The fourth-order valence-electron chi connectivity index (χ4n) is 0. The molecule has 0 fully saturated rings. The largest absolute Gasteiger partial charge is 1.00 e. The molecule has 0 aliphatic heterocycles. The molecule has 0 spiro atoms. The van der Waals surface area contributed by atoms with Crippen LogP contribution in [-0.2, 0) is 38.1 Å². The van der Waals surface area contributed by atoms with E-state index in [0.717, 1.165) is 27.4 Å². The molecule has 0 aromatic carbocycles. The topological polar surface area (TPSA) is 222 Å². The van der Waals surface area contributed by atoms with Crippen LogP contribution in [0.3, 0.4) is 0 Å². The van der Waals surface area contributed by atoms with Gasteiger partial charge in [-0.05, 0) is 39.8 Å². The SMILES string of the molecule is C/C=C/C.CB(O)O.CC.CC.CC.CC.CC.CC.CC.CC(=O)O.CC(C)(C)[O-].CC=O.CCC.CF.CO.COC(C)(F)F.COC(C)=O.COC(C)=O.COC(C)=S.[B]=NS.[K+]. The van der Waals surface area contributed by atoms with Crippen molar-refractivity contribution in [3.8, 4) is 0 Å². The Morgan fingerprint density at radius 3 is 0.758 bits per heavy atom. The van der Waals surface area contributed by atoms with Crippen LogP contribution in [0.25, 0.3) is 0 Å². The molecule has 0 amide bonds. The number of rotatable bonds is 1. The second kappa shape index (κ2) is 207. The molecule has 0 aromatic rings. The molecule has 1 radical (unpaired) electrons. The van der Waals surface area contributed by atoms with E-state index in [1.807, 2.05) is 123 Å². The van der Waals surface area contributed by atoms with E-state index in [1.165, 1.54) is 48.2 Å². The zero-order chi connectivity index (χ0) is 59.3. The Morgan fingerprint density at radius 1 is 0.697 bits per heavy atom. The summed E-state index contributed by atoms with van der Waals surface area (Å²) in [6.07, 6.45) is 3.04. The molecule has 0 aliphatic rings. The molecular weight excluding hydrogens is 932 g/mol. The van der Waals surface area contributed by atoms with Crippen LogP contribution in [0.5, 0.6) is 0 Å². The van der Waals surface area contributed by atoms with Gasteiger partial charge < -0.3 is 49.1 Å². The molecule has 0 unspecified atom stereocenters. The van der Waals surface area contributed by atoms with Crippen LogP contribution in [0.15, 0.2) is 16.5 Å². The van der Waals surface area contributed by atoms with Gasteiger partial charge in [-0.3, -0.25) is 18.8 Å². The van der Waals surface area contributed by atoms with E-state index in [4.69, 9.17) is 29.9 Å². The minimum absolute atomic E-state index is 0. The number of hydrogen-bond acceptors (Lipinski definition) is 15. The number of esters is 2. The molecule has 0 heterocycles. The summed E-state index contributed by atoms with van der Waals surface area (Å²) in [4.78, 5) is 37.0. The Morgan fingerprint density at radius 2 is 0.758 bits per heavy atom. The van der Waals surface area contributed by atoms with Crippen molar-refractivity contribution in [2.75, 3.05) is 42.7 Å². The van der Waals surface area contributed by atoms with Crippen LogP contribution in [0.4, 0.5) is 13.2 Å². The summed E-state index contributed by atoms with van der Waals surface area (Å²) < 4.78 is 51.0. The van der Waals surface area contributed by atoms with Gasteiger partial charge in [-0.15, -0.1) is 5.60 Å². The Hall–Kier alpha value is -0.784. The second-order valence-corrected chi connectivity index (χ2v) is 8.89. The van der Waals surface area contributed by atoms with Crippen molar-refractivity contribution in [2.45, 2.75) is 212 Å². The number of aldehydes is 1. The van der Waals surface area contributed by atoms with Crippen LogP contribution >= 0.6 is 25.0 Å². The maximum Gasteiger partial charge on any atom is 1.00 e. The number of allylic oxidation sites excluding steroid dienone is 2. The third-order valence-corrected chi connectivity index (χ3v) is 1.72. The van der Waals surface area contributed by atoms with E-state index in [9.17, 15) is 27.9 Å². The molecule has 22 heteroatoms. The number of carbonyl (C=O) groups excluding carboxylic acids is 3. The zero-order valence-electron chi connectivity index (χ0n) is 49.5. The zero-order valence-corrected chi connectivity index (χ0v) is 54.3. The number of aliphatic carboxylic acids is 1. The molecule has 66 heavy (non-hydrogen) atoms. The first-order valence-electron chi connectivity index (χ1n) is 21.2. The minimum Gasteiger partial charge on any atom is 1.00 e. The first-order valence-corrected chi connectivity index (χ1v) is 22.0. The van der Waals surface area contributed by atoms with Gasteiger partial charge in [0.25, 0.3) is 5.97 Å². The van der Waals surface area contributed by atoms with Crippen molar-refractivity contribution in [1.29, 1.82) is 0 Å². The molecule has 411 valence electrons. The van der Waals surface area contributed by atoms with Gasteiger partial charge in [-0.25, -0.2) is 0 Å². The number of nitrogens with zero attached hydrogens (tertiary/aromatic N) is 1. The maximum atomic E-state index is 11.2. The van der Waals surface area contributed by atoms with E-state index in [0.29, 0.717) is 19.2 Å². The van der Waals surface area contributed by atoms with E-state index in [2.05, 4.69) is 69.8 Å². The van der Waals surface area contributed by atoms with Gasteiger partial charge in [-0.2, -0.15) is 8.78 Å². The molecular formula is C44H112B2F3KNO13S2. The molecule has 0 atom stereocenters. The van der Waals surface area contributed by atoms with Gasteiger partial charge in [0.15, 0.2) is 5.05 Å². The quantitative estimate of drug-likeness (QED) is 0.0412. The number of carbonyl (C=O) groups is 4. The van der Waals surface area contributed by atoms with E-state index >= 15 is 0 Å². The molecule has 4 N–H and O–H groups in total. The first-order chi connectivity index (χ1) is 30.0. The molecule has 0 bridgehead atoms. The van der Waals surface area contributed by atoms with Gasteiger partial charge in [0.05, 0.1) is 28.5 Å². The van der Waals surface area contributed by atoms with Gasteiger partial charge in [0, 0.05) is 48.8 Å². The number of thiocarbonyl (C=S) groups is 1. The fourth-order valence-corrected chi connectivity index (χ4v) is 0. The Kier molecular flexibility index (Phi) is 431. The molecule has 0 saturated carbocycles. The number of aliphatic hydroxyl groups is 1. The van der Waals surface area contributed by atoms with Gasteiger partial charge in [0.1, 0.15) is 6.29 Å². The number of carboxylic acid groups (broad SMARTS) is 1. The van der Waals surface area contributed by atoms with Crippen LogP contribution in [0.2, 0.25) is 6.82 Å². The number of carboxylic acids is 1. The third-order valence-electron chi connectivity index (χ3n) is 1.55. The Bertz CT molecular complexity index is 637. The number of aliphatic hydroxyl groups excluding tert-OH is 1. The number of methoxy groups -OCH3 is 4. The minimum atomic E-state index is -2.96. The van der Waals surface area contributed by atoms with E-state index in [1.54, 1.807) is 34.8 Å². The molecule has 0 rings (SSSR count). The van der Waals surface area contributed by atoms with Crippen LogP contribution in [0.1, 0.15) is 193 Å². The Balaban J connectivity index is -0.0000000172. The van der Waals surface area contributed by atoms with Crippen molar-refractivity contribution < 1.29 is 128 Å². The predicted octanol–water partition coefficient (Wildman–Crippen LogP) is 9.68. The molecule has 0 aromatic heterocycles. The summed E-state index contributed by atoms with van der Waals surface area (Å²) in [5.74, 6) is -1.32. The summed E-state index contributed by atoms with van der Waals surface area (Å²) in [6.45, 7) is 50.1. The standard InChI is InChI=1S/C4H9O.C4H8.C3H6F2O.2C3H6O2.C3H6OS.C3H8.C2H4O2.C2H4O.7C2H6.CH5BO2.CH3F.CH4O.BHNS.K/c1-4(2,3)5;1-3-4-2;1-3(4,5)6-2;2*1-3(4)5-2;1-3(5)4-2;1-3-2;1-2(3)4;1-2-3;7*1-2;1-2(3)4;2*1-2;1-2-3;/h1-3H3;3-4H,1-2H3;1-2H3;3*1-2H3;3H2,1-2H3;1H3,(H,3,4);2H,1H3;7*1-2H3;3-4H,1H3;1H3;2H,1H3;3H;/q-1;;;;;;;;;;;;;;;;;;;;+1/b;4-3+;;;;;;;;;;;;;;;;;;;. The molecule has 14 nitrogen and oxygen atoms in total. The predicted molar refractivity (Wildman–Crippen MR) is 287 cm³/mol. The van der Waals surface area contributed by atoms with Crippen molar-refractivity contribution in [1.82, 2.24) is 0 Å². The van der Waals surface area contributed by atoms with Crippen LogP contribution < -0.4 is 56.5 Å². The normalized spacial score (nSPS) is 6.38. The molecule has 0 saturated heterocycles. The summed E-state index contributed by atoms with van der Waals surface area (Å²) in [7, 11) is 9.89. The smallest absolute Gasteiger partial charge is 1.00 e. The summed E-state index contributed by atoms with van der Waals surface area (Å²) >= 11 is 7.67. The van der Waals surface area contributed by atoms with Gasteiger partial charge in [-0.1, -0.05) is 150 Å². The Labute approximate surface area is 464 Å². The monoisotopic (exact) mass is 1040 g/mol. The number of hydrogen-bond donors (Lipinski definition) is 5. The number of halogens is 3. The fraction of sp³-hybridized carbons (Fsp3) is 0.841. The summed E-state index contributed by atoms with van der Waals surface area (Å²) in [5.41, 5.74) is -0.750. The van der Waals surface area contributed by atoms with Crippen molar-refractivity contribution in [2.24, 2.45) is 4.30 Å². The average molecular weight is 1050 g/mol. The maximum absolute atomic E-state index is 11.2. The van der Waals surface area contributed by atoms with Gasteiger partial charge >= 0.3 is 101 Å². The van der Waals surface area contributed by atoms with Crippen molar-refractivity contribution in [3.63, 3.8) is 0 Å². The summed E-state index contributed by atoms with van der Waals surface area (Å²) in [5, 5.41) is 40.3.